The zero-order valence-corrected chi connectivity index (χ0v) is 15.5. The fourth-order valence-corrected chi connectivity index (χ4v) is 2.98. The van der Waals surface area contributed by atoms with Crippen molar-refractivity contribution in [2.75, 3.05) is 11.9 Å². The van der Waals surface area contributed by atoms with Crippen molar-refractivity contribution in [3.05, 3.63) is 65.8 Å². The Morgan fingerprint density at radius 3 is 2.81 bits per heavy atom. The second kappa shape index (κ2) is 7.65. The van der Waals surface area contributed by atoms with E-state index in [9.17, 15) is 0 Å². The summed E-state index contributed by atoms with van der Waals surface area (Å²) in [6.45, 7) is 4.96. The molecule has 1 N–H and O–H groups in total. The average Bonchev–Trinajstić information content (AvgIpc) is 3.46. The molecule has 0 radical (unpaired) electrons. The van der Waals surface area contributed by atoms with Gasteiger partial charge in [-0.25, -0.2) is 4.98 Å². The van der Waals surface area contributed by atoms with E-state index in [0.29, 0.717) is 36.7 Å². The van der Waals surface area contributed by atoms with Crippen LogP contribution in [0.3, 0.4) is 0 Å². The Kier molecular flexibility index (Phi) is 4.91. The molecular weight excluding hydrogens is 340 g/mol. The van der Waals surface area contributed by atoms with Crippen LogP contribution in [0, 0.1) is 19.8 Å². The molecule has 0 aromatic carbocycles. The molecular formula is C20H22N6O. The van der Waals surface area contributed by atoms with Gasteiger partial charge in [-0.05, 0) is 32.4 Å². The van der Waals surface area contributed by atoms with E-state index in [4.69, 9.17) is 4.74 Å². The van der Waals surface area contributed by atoms with Gasteiger partial charge in [-0.3, -0.25) is 15.0 Å². The number of ether oxygens (including phenoxy) is 1. The van der Waals surface area contributed by atoms with Crippen molar-refractivity contribution in [3.63, 3.8) is 0 Å². The van der Waals surface area contributed by atoms with Crippen LogP contribution in [0.25, 0.3) is 0 Å². The minimum absolute atomic E-state index is 0.492. The third kappa shape index (κ3) is 4.55. The van der Waals surface area contributed by atoms with Crippen LogP contribution in [0.5, 0.6) is 5.88 Å². The Morgan fingerprint density at radius 2 is 2.04 bits per heavy atom. The van der Waals surface area contributed by atoms with E-state index in [1.54, 1.807) is 12.4 Å². The maximum atomic E-state index is 5.92. The van der Waals surface area contributed by atoms with Crippen molar-refractivity contribution >= 4 is 5.82 Å². The van der Waals surface area contributed by atoms with Crippen LogP contribution in [0.2, 0.25) is 0 Å². The highest BCUT2D eigenvalue weighted by Gasteiger charge is 2.39. The summed E-state index contributed by atoms with van der Waals surface area (Å²) in [7, 11) is 0. The highest BCUT2D eigenvalue weighted by molar-refractivity contribution is 5.38. The highest BCUT2D eigenvalue weighted by Crippen LogP contribution is 2.46. The number of rotatable bonds is 7. The summed E-state index contributed by atoms with van der Waals surface area (Å²) in [6.07, 6.45) is 6.47. The Bertz CT molecular complexity index is 900. The van der Waals surface area contributed by atoms with E-state index in [2.05, 4.69) is 36.3 Å². The van der Waals surface area contributed by atoms with Gasteiger partial charge in [-0.2, -0.15) is 4.98 Å². The number of aromatic nitrogens is 5. The van der Waals surface area contributed by atoms with Crippen LogP contribution < -0.4 is 10.1 Å². The summed E-state index contributed by atoms with van der Waals surface area (Å²) >= 11 is 0. The van der Waals surface area contributed by atoms with Crippen molar-refractivity contribution in [3.8, 4) is 5.88 Å². The molecule has 27 heavy (non-hydrogen) atoms. The second-order valence-corrected chi connectivity index (χ2v) is 6.81. The predicted molar refractivity (Wildman–Crippen MR) is 101 cm³/mol. The summed E-state index contributed by atoms with van der Waals surface area (Å²) in [5.41, 5.74) is 2.90. The lowest BCUT2D eigenvalue weighted by Crippen LogP contribution is -2.08. The molecule has 7 heteroatoms. The highest BCUT2D eigenvalue weighted by atomic mass is 16.5. The van der Waals surface area contributed by atoms with Crippen LogP contribution in [0.1, 0.15) is 35.2 Å². The van der Waals surface area contributed by atoms with Gasteiger partial charge < -0.3 is 10.1 Å². The van der Waals surface area contributed by atoms with Crippen LogP contribution >= 0.6 is 0 Å². The first-order chi connectivity index (χ1) is 13.2. The van der Waals surface area contributed by atoms with Crippen molar-refractivity contribution in [1.82, 2.24) is 24.9 Å². The smallest absolute Gasteiger partial charge is 0.218 e. The van der Waals surface area contributed by atoms with Crippen LogP contribution in [0.4, 0.5) is 5.82 Å². The fraction of sp³-hybridized carbons (Fsp3) is 0.350. The zero-order valence-electron chi connectivity index (χ0n) is 15.5. The normalized spacial score (nSPS) is 18.1. The molecule has 4 rings (SSSR count). The van der Waals surface area contributed by atoms with E-state index in [1.807, 2.05) is 38.2 Å². The molecule has 0 saturated heterocycles. The van der Waals surface area contributed by atoms with Gasteiger partial charge >= 0.3 is 0 Å². The molecule has 3 heterocycles. The van der Waals surface area contributed by atoms with Crippen LogP contribution in [0.15, 0.2) is 42.9 Å². The monoisotopic (exact) mass is 362 g/mol. The summed E-state index contributed by atoms with van der Waals surface area (Å²) in [4.78, 5) is 21.8. The van der Waals surface area contributed by atoms with E-state index >= 15 is 0 Å². The molecule has 0 unspecified atom stereocenters. The van der Waals surface area contributed by atoms with Gasteiger partial charge in [0, 0.05) is 36.0 Å². The first kappa shape index (κ1) is 17.3. The Labute approximate surface area is 158 Å². The summed E-state index contributed by atoms with van der Waals surface area (Å²) < 4.78 is 5.92. The standard InChI is InChI=1S/C20H22N6O/c1-13-9-23-16(10-22-13)11-24-19-8-20(26-14(2)25-19)27-12-15-7-17(15)18-5-3-4-6-21-18/h3-6,8-10,15,17H,7,11-12H2,1-2H3,(H,24,25,26)/t15-,17+/m1/s1. The molecule has 138 valence electrons. The van der Waals surface area contributed by atoms with Gasteiger partial charge in [-0.1, -0.05) is 6.07 Å². The molecule has 0 spiro atoms. The van der Waals surface area contributed by atoms with Gasteiger partial charge in [-0.15, -0.1) is 0 Å². The average molecular weight is 362 g/mol. The molecule has 2 atom stereocenters. The van der Waals surface area contributed by atoms with Crippen LogP contribution in [-0.4, -0.2) is 31.5 Å². The molecule has 3 aromatic rings. The third-order valence-corrected chi connectivity index (χ3v) is 4.54. The van der Waals surface area contributed by atoms with Crippen molar-refractivity contribution in [1.29, 1.82) is 0 Å². The van der Waals surface area contributed by atoms with Gasteiger partial charge in [0.05, 0.1) is 30.7 Å². The maximum absolute atomic E-state index is 5.92. The summed E-state index contributed by atoms with van der Waals surface area (Å²) in [5, 5.41) is 3.26. The summed E-state index contributed by atoms with van der Waals surface area (Å²) in [6, 6.07) is 7.88. The maximum Gasteiger partial charge on any atom is 0.218 e. The minimum Gasteiger partial charge on any atom is -0.477 e. The van der Waals surface area contributed by atoms with Crippen LogP contribution in [-0.2, 0) is 6.54 Å². The molecule has 0 bridgehead atoms. The van der Waals surface area contributed by atoms with Crippen molar-refractivity contribution in [2.45, 2.75) is 32.7 Å². The van der Waals surface area contributed by atoms with E-state index in [-0.39, 0.29) is 0 Å². The minimum atomic E-state index is 0.492. The number of aryl methyl sites for hydroxylation is 2. The Hall–Kier alpha value is -3.09. The van der Waals surface area contributed by atoms with Gasteiger partial charge in [0.2, 0.25) is 5.88 Å². The number of anilines is 1. The molecule has 1 fully saturated rings. The predicted octanol–water partition coefficient (Wildman–Crippen LogP) is 3.07. The third-order valence-electron chi connectivity index (χ3n) is 4.54. The Balaban J connectivity index is 1.33. The van der Waals surface area contributed by atoms with Gasteiger partial charge in [0.1, 0.15) is 11.6 Å². The summed E-state index contributed by atoms with van der Waals surface area (Å²) in [5.74, 6) is 2.96. The molecule has 1 saturated carbocycles. The largest absolute Gasteiger partial charge is 0.477 e. The number of pyridine rings is 1. The lowest BCUT2D eigenvalue weighted by molar-refractivity contribution is 0.284. The van der Waals surface area contributed by atoms with Crippen molar-refractivity contribution in [2.24, 2.45) is 5.92 Å². The number of nitrogens with zero attached hydrogens (tertiary/aromatic N) is 5. The number of hydrogen-bond donors (Lipinski definition) is 1. The van der Waals surface area contributed by atoms with E-state index in [0.717, 1.165) is 29.3 Å². The lowest BCUT2D eigenvalue weighted by atomic mass is 10.2. The molecule has 3 aromatic heterocycles. The second-order valence-electron chi connectivity index (χ2n) is 6.81. The Morgan fingerprint density at radius 1 is 1.11 bits per heavy atom. The topological polar surface area (TPSA) is 85.7 Å². The molecule has 1 aliphatic carbocycles. The molecule has 0 aliphatic heterocycles. The first-order valence-corrected chi connectivity index (χ1v) is 9.08. The number of nitrogens with one attached hydrogen (secondary N) is 1. The quantitative estimate of drug-likeness (QED) is 0.691. The molecule has 1 aliphatic rings. The lowest BCUT2D eigenvalue weighted by Gasteiger charge is -2.09. The molecule has 7 nitrogen and oxygen atoms in total. The van der Waals surface area contributed by atoms with Gasteiger partial charge in [0.25, 0.3) is 0 Å². The van der Waals surface area contributed by atoms with Gasteiger partial charge in [0.15, 0.2) is 0 Å². The van der Waals surface area contributed by atoms with E-state index in [1.165, 1.54) is 0 Å². The first-order valence-electron chi connectivity index (χ1n) is 9.08. The SMILES string of the molecule is Cc1cnc(CNc2cc(OC[C@H]3C[C@@H]3c3ccccn3)nc(C)n2)cn1. The number of hydrogen-bond acceptors (Lipinski definition) is 7. The van der Waals surface area contributed by atoms with E-state index < -0.39 is 0 Å². The van der Waals surface area contributed by atoms with Crippen molar-refractivity contribution < 1.29 is 4.74 Å². The zero-order chi connectivity index (χ0) is 18.6. The molecule has 0 amide bonds. The fourth-order valence-electron chi connectivity index (χ4n) is 2.98.